The quantitative estimate of drug-likeness (QED) is 0.286. The minimum atomic E-state index is -2.65. The van der Waals surface area contributed by atoms with Crippen molar-refractivity contribution < 1.29 is 22.1 Å². The highest BCUT2D eigenvalue weighted by Gasteiger charge is 2.50. The number of rotatable bonds is 16. The van der Waals surface area contributed by atoms with Crippen LogP contribution in [0.2, 0.25) is 17.6 Å². The van der Waals surface area contributed by atoms with E-state index in [1.807, 2.05) is 0 Å². The summed E-state index contributed by atoms with van der Waals surface area (Å²) in [5.74, 6) is 0. The van der Waals surface area contributed by atoms with Crippen molar-refractivity contribution in [2.45, 2.75) is 76.4 Å². The molecule has 0 saturated heterocycles. The van der Waals surface area contributed by atoms with Crippen LogP contribution in [0.3, 0.4) is 0 Å². The Balaban J connectivity index is 4.95. The molecular weight excluding hydrogens is 340 g/mol. The van der Waals surface area contributed by atoms with Gasteiger partial charge in [-0.3, -0.25) is 0 Å². The van der Waals surface area contributed by atoms with Gasteiger partial charge in [-0.15, -0.1) is 0 Å². The Kier molecular flexibility index (Phi) is 13.6. The van der Waals surface area contributed by atoms with Crippen molar-refractivity contribution in [2.24, 2.45) is 0 Å². The summed E-state index contributed by atoms with van der Waals surface area (Å²) in [6, 6.07) is 1.68. The van der Waals surface area contributed by atoms with Crippen molar-refractivity contribution in [1.82, 2.24) is 0 Å². The molecule has 0 unspecified atom stereocenters. The minimum absolute atomic E-state index is 0.315. The van der Waals surface area contributed by atoms with E-state index in [9.17, 15) is 0 Å². The minimum Gasteiger partial charge on any atom is -0.397 e. The van der Waals surface area contributed by atoms with Gasteiger partial charge in [-0.1, -0.05) is 52.4 Å². The fourth-order valence-electron chi connectivity index (χ4n) is 3.44. The van der Waals surface area contributed by atoms with Crippen molar-refractivity contribution in [2.75, 3.05) is 35.5 Å². The number of hydrogen-bond acceptors (Lipinski definition) is 5. The van der Waals surface area contributed by atoms with E-state index >= 15 is 0 Å². The van der Waals surface area contributed by atoms with Crippen molar-refractivity contribution in [1.29, 1.82) is 0 Å². The van der Waals surface area contributed by atoms with E-state index in [1.54, 1.807) is 35.5 Å². The summed E-state index contributed by atoms with van der Waals surface area (Å²) in [6.45, 7) is 4.40. The standard InChI is InChI=1S/C17H40O5Si2/c1-8-10-11-12-13-14-15-17(23(9-2,18-3)19-4)16-24(20-5,21-6)22-7/h17H,8-16H2,1-7H3/t17-/m0/s1. The molecule has 0 N–H and O–H groups in total. The van der Waals surface area contributed by atoms with Crippen LogP contribution in [0, 0.1) is 0 Å². The van der Waals surface area contributed by atoms with Crippen molar-refractivity contribution in [3.8, 4) is 0 Å². The second kappa shape index (κ2) is 13.4. The number of hydrogen-bond donors (Lipinski definition) is 0. The third-order valence-corrected chi connectivity index (χ3v) is 12.5. The number of unbranched alkanes of at least 4 members (excludes halogenated alkanes) is 5. The van der Waals surface area contributed by atoms with E-state index in [4.69, 9.17) is 22.1 Å². The Labute approximate surface area is 152 Å². The molecule has 0 fully saturated rings. The van der Waals surface area contributed by atoms with Gasteiger partial charge in [0.2, 0.25) is 0 Å². The largest absolute Gasteiger partial charge is 0.500 e. The first kappa shape index (κ1) is 24.2. The smallest absolute Gasteiger partial charge is 0.397 e. The van der Waals surface area contributed by atoms with Gasteiger partial charge in [-0.05, 0) is 12.5 Å². The van der Waals surface area contributed by atoms with Gasteiger partial charge in [-0.2, -0.15) is 0 Å². The van der Waals surface area contributed by atoms with Crippen LogP contribution in [0.1, 0.15) is 58.8 Å². The Morgan fingerprint density at radius 3 is 1.58 bits per heavy atom. The molecule has 0 bridgehead atoms. The Morgan fingerprint density at radius 1 is 0.667 bits per heavy atom. The second-order valence-electron chi connectivity index (χ2n) is 6.33. The molecule has 0 aliphatic rings. The predicted octanol–water partition coefficient (Wildman–Crippen LogP) is 4.74. The molecule has 0 aromatic heterocycles. The van der Waals surface area contributed by atoms with Gasteiger partial charge in [0, 0.05) is 47.1 Å². The predicted molar refractivity (Wildman–Crippen MR) is 104 cm³/mol. The Bertz CT molecular complexity index is 280. The van der Waals surface area contributed by atoms with Gasteiger partial charge in [0.05, 0.1) is 0 Å². The van der Waals surface area contributed by atoms with Crippen LogP contribution in [0.5, 0.6) is 0 Å². The van der Waals surface area contributed by atoms with Gasteiger partial charge >= 0.3 is 17.4 Å². The lowest BCUT2D eigenvalue weighted by Gasteiger charge is -2.37. The maximum absolute atomic E-state index is 5.95. The van der Waals surface area contributed by atoms with Crippen molar-refractivity contribution in [3.05, 3.63) is 0 Å². The van der Waals surface area contributed by atoms with Crippen LogP contribution in [0.15, 0.2) is 0 Å². The third kappa shape index (κ3) is 7.23. The van der Waals surface area contributed by atoms with E-state index in [2.05, 4.69) is 13.8 Å². The molecule has 0 saturated carbocycles. The lowest BCUT2D eigenvalue weighted by atomic mass is 10.1. The maximum atomic E-state index is 5.95. The molecule has 0 aromatic carbocycles. The van der Waals surface area contributed by atoms with E-state index in [-0.39, 0.29) is 0 Å². The summed E-state index contributed by atoms with van der Waals surface area (Å²) in [4.78, 5) is 0. The maximum Gasteiger partial charge on any atom is 0.500 e. The van der Waals surface area contributed by atoms with Crippen molar-refractivity contribution in [3.63, 3.8) is 0 Å². The summed E-state index contributed by atoms with van der Waals surface area (Å²) in [5, 5.41) is 0. The van der Waals surface area contributed by atoms with E-state index in [1.165, 1.54) is 38.5 Å². The average Bonchev–Trinajstić information content (AvgIpc) is 2.63. The zero-order valence-electron chi connectivity index (χ0n) is 17.0. The topological polar surface area (TPSA) is 46.2 Å². The molecule has 0 spiro atoms. The molecule has 0 rings (SSSR count). The SMILES string of the molecule is CCCCCCCC[C@@H](C[Si](OC)(OC)OC)[Si](CC)(OC)OC. The van der Waals surface area contributed by atoms with Gasteiger partial charge in [0.25, 0.3) is 0 Å². The summed E-state index contributed by atoms with van der Waals surface area (Å²) in [5.41, 5.74) is 0.315. The highest BCUT2D eigenvalue weighted by Crippen LogP contribution is 2.39. The molecule has 0 aliphatic heterocycles. The molecule has 24 heavy (non-hydrogen) atoms. The molecule has 5 nitrogen and oxygen atoms in total. The highest BCUT2D eigenvalue weighted by atomic mass is 28.4. The molecule has 0 aliphatic carbocycles. The molecule has 0 radical (unpaired) electrons. The van der Waals surface area contributed by atoms with Crippen LogP contribution in [-0.2, 0) is 22.1 Å². The Hall–Kier alpha value is 0.234. The second-order valence-corrected chi connectivity index (χ2v) is 13.3. The molecule has 1 atom stereocenters. The molecule has 0 heterocycles. The molecular formula is C17H40O5Si2. The first-order valence-electron chi connectivity index (χ1n) is 9.29. The van der Waals surface area contributed by atoms with Gasteiger partial charge in [0.1, 0.15) is 0 Å². The van der Waals surface area contributed by atoms with Crippen LogP contribution in [0.25, 0.3) is 0 Å². The summed E-state index contributed by atoms with van der Waals surface area (Å²) < 4.78 is 28.9. The molecule has 7 heteroatoms. The van der Waals surface area contributed by atoms with E-state index in [0.717, 1.165) is 18.5 Å². The molecule has 146 valence electrons. The summed E-state index contributed by atoms with van der Waals surface area (Å²) in [6.07, 6.45) is 8.79. The third-order valence-electron chi connectivity index (χ3n) is 5.14. The fourth-order valence-corrected chi connectivity index (χ4v) is 9.88. The molecule has 0 amide bonds. The zero-order chi connectivity index (χ0) is 18.5. The van der Waals surface area contributed by atoms with Crippen LogP contribution in [-0.4, -0.2) is 52.9 Å². The zero-order valence-corrected chi connectivity index (χ0v) is 19.0. The van der Waals surface area contributed by atoms with Gasteiger partial charge in [-0.25, -0.2) is 0 Å². The monoisotopic (exact) mass is 380 g/mol. The van der Waals surface area contributed by atoms with Crippen LogP contribution < -0.4 is 0 Å². The average molecular weight is 381 g/mol. The van der Waals surface area contributed by atoms with E-state index in [0.29, 0.717) is 5.54 Å². The summed E-state index contributed by atoms with van der Waals surface area (Å²) in [7, 11) is 3.66. The lowest BCUT2D eigenvalue weighted by molar-refractivity contribution is 0.119. The van der Waals surface area contributed by atoms with Crippen LogP contribution in [0.4, 0.5) is 0 Å². The highest BCUT2D eigenvalue weighted by molar-refractivity contribution is 6.72. The van der Waals surface area contributed by atoms with Crippen molar-refractivity contribution >= 4 is 17.4 Å². The Morgan fingerprint density at radius 2 is 1.17 bits per heavy atom. The summed E-state index contributed by atoms with van der Waals surface area (Å²) >= 11 is 0. The fraction of sp³-hybridized carbons (Fsp3) is 1.00. The first-order chi connectivity index (χ1) is 11.5. The normalized spacial score (nSPS) is 14.1. The van der Waals surface area contributed by atoms with Gasteiger partial charge in [0.15, 0.2) is 0 Å². The lowest BCUT2D eigenvalue weighted by Crippen LogP contribution is -2.51. The first-order valence-corrected chi connectivity index (χ1v) is 13.3. The molecule has 0 aromatic rings. The van der Waals surface area contributed by atoms with E-state index < -0.39 is 17.4 Å². The van der Waals surface area contributed by atoms with Gasteiger partial charge < -0.3 is 22.1 Å². The van der Waals surface area contributed by atoms with Crippen LogP contribution >= 0.6 is 0 Å².